The molecule has 10 heteroatoms. The lowest BCUT2D eigenvalue weighted by Gasteiger charge is -2.28. The second kappa shape index (κ2) is 9.89. The predicted molar refractivity (Wildman–Crippen MR) is 147 cm³/mol. The van der Waals surface area contributed by atoms with Crippen molar-refractivity contribution in [3.05, 3.63) is 41.6 Å². The number of thiophene rings is 1. The summed E-state index contributed by atoms with van der Waals surface area (Å²) in [6, 6.07) is 9.86. The highest BCUT2D eigenvalue weighted by Crippen LogP contribution is 2.39. The minimum absolute atomic E-state index is 0.0833. The van der Waals surface area contributed by atoms with E-state index in [0.717, 1.165) is 50.0 Å². The first-order valence-electron chi connectivity index (χ1n) is 12.6. The van der Waals surface area contributed by atoms with Crippen LogP contribution < -0.4 is 26.0 Å². The molecule has 1 amide bonds. The number of nitrogens with two attached hydrogens (primary N) is 1. The number of carbonyl (C=O) groups excluding carboxylic acids is 1. The first kappa shape index (κ1) is 25.4. The molecule has 37 heavy (non-hydrogen) atoms. The standard InChI is InChI=1S/C27H34FN5O3S/c1-15-5-8-20-23(29)25(37-24(20)30-15)31-18-9-16-6-7-19(10-22(16)35-14-18)33-12-17(11-28)21(13-33)32-26(34)36-27(2,3)4/h5-8,10,17-18,21,31H,9,11-14,29H2,1-4H3,(H,32,34)/t17-,18+,21+/m0/s1. The maximum Gasteiger partial charge on any atom is 0.407 e. The maximum atomic E-state index is 13.8. The van der Waals surface area contributed by atoms with Crippen molar-refractivity contribution in [3.63, 3.8) is 0 Å². The van der Waals surface area contributed by atoms with Gasteiger partial charge in [-0.05, 0) is 57.9 Å². The van der Waals surface area contributed by atoms with Crippen molar-refractivity contribution in [1.29, 1.82) is 0 Å². The molecule has 1 fully saturated rings. The molecule has 0 aliphatic carbocycles. The third-order valence-corrected chi connectivity index (χ3v) is 7.78. The lowest BCUT2D eigenvalue weighted by atomic mass is 10.0. The fourth-order valence-corrected chi connectivity index (χ4v) is 6.01. The maximum absolute atomic E-state index is 13.8. The number of aryl methyl sites for hydroxylation is 1. The zero-order chi connectivity index (χ0) is 26.3. The number of nitrogens with zero attached hydrogens (tertiary/aromatic N) is 2. The van der Waals surface area contributed by atoms with Crippen LogP contribution in [0.3, 0.4) is 0 Å². The van der Waals surface area contributed by atoms with E-state index in [1.54, 1.807) is 11.3 Å². The van der Waals surface area contributed by atoms with Gasteiger partial charge in [0.2, 0.25) is 0 Å². The fraction of sp³-hybridized carbons (Fsp3) is 0.481. The average Bonchev–Trinajstić information content (AvgIpc) is 3.37. The van der Waals surface area contributed by atoms with E-state index >= 15 is 0 Å². The summed E-state index contributed by atoms with van der Waals surface area (Å²) in [5.41, 5.74) is 9.53. The summed E-state index contributed by atoms with van der Waals surface area (Å²) in [4.78, 5) is 19.9. The minimum Gasteiger partial charge on any atom is -0.491 e. The largest absolute Gasteiger partial charge is 0.491 e. The first-order valence-corrected chi connectivity index (χ1v) is 13.4. The number of hydrogen-bond donors (Lipinski definition) is 3. The van der Waals surface area contributed by atoms with E-state index in [2.05, 4.69) is 26.6 Å². The highest BCUT2D eigenvalue weighted by atomic mass is 32.1. The number of hydrogen-bond acceptors (Lipinski definition) is 8. The topological polar surface area (TPSA) is 102 Å². The molecule has 0 saturated carbocycles. The number of nitrogens with one attached hydrogen (secondary N) is 2. The molecule has 0 radical (unpaired) electrons. The van der Waals surface area contributed by atoms with Crippen LogP contribution in [0.1, 0.15) is 32.0 Å². The molecule has 2 aliphatic rings. The van der Waals surface area contributed by atoms with Gasteiger partial charge < -0.3 is 30.7 Å². The van der Waals surface area contributed by atoms with Gasteiger partial charge in [0, 0.05) is 41.8 Å². The number of aromatic nitrogens is 1. The highest BCUT2D eigenvalue weighted by molar-refractivity contribution is 7.23. The minimum atomic E-state index is -0.602. The van der Waals surface area contributed by atoms with E-state index < -0.39 is 18.4 Å². The Bertz CT molecular complexity index is 1310. The average molecular weight is 528 g/mol. The Hall–Kier alpha value is -3.27. The van der Waals surface area contributed by atoms with Gasteiger partial charge in [0.1, 0.15) is 27.8 Å². The Balaban J connectivity index is 1.24. The van der Waals surface area contributed by atoms with Gasteiger partial charge in [-0.15, -0.1) is 0 Å². The number of nitrogen functional groups attached to an aromatic ring is 1. The number of amides is 1. The molecule has 3 atom stereocenters. The van der Waals surface area contributed by atoms with Gasteiger partial charge in [-0.25, -0.2) is 9.78 Å². The van der Waals surface area contributed by atoms with Crippen LogP contribution >= 0.6 is 11.3 Å². The van der Waals surface area contributed by atoms with Crippen molar-refractivity contribution in [2.45, 2.75) is 51.8 Å². The van der Waals surface area contributed by atoms with Crippen LogP contribution in [-0.4, -0.2) is 55.1 Å². The SMILES string of the molecule is Cc1ccc2c(N)c(N[C@H]3COc4cc(N5C[C@H](CF)[C@H](NC(=O)OC(C)(C)C)C5)ccc4C3)sc2n1. The van der Waals surface area contributed by atoms with Crippen molar-refractivity contribution in [2.75, 3.05) is 42.3 Å². The van der Waals surface area contributed by atoms with Crippen LogP contribution in [0.2, 0.25) is 0 Å². The molecule has 4 N–H and O–H groups in total. The first-order chi connectivity index (χ1) is 17.6. The summed E-state index contributed by atoms with van der Waals surface area (Å²) in [5, 5.41) is 8.28. The Morgan fingerprint density at radius 1 is 1.30 bits per heavy atom. The van der Waals surface area contributed by atoms with Gasteiger partial charge in [-0.1, -0.05) is 17.4 Å². The molecule has 2 aromatic heterocycles. The molecular formula is C27H34FN5O3S. The van der Waals surface area contributed by atoms with E-state index in [9.17, 15) is 9.18 Å². The number of ether oxygens (including phenoxy) is 2. The van der Waals surface area contributed by atoms with Gasteiger partial charge >= 0.3 is 6.09 Å². The van der Waals surface area contributed by atoms with Crippen LogP contribution in [-0.2, 0) is 11.2 Å². The molecule has 2 aliphatic heterocycles. The molecule has 1 saturated heterocycles. The van der Waals surface area contributed by atoms with Crippen molar-refractivity contribution in [2.24, 2.45) is 5.92 Å². The molecular weight excluding hydrogens is 493 g/mol. The van der Waals surface area contributed by atoms with Crippen molar-refractivity contribution >= 4 is 44.0 Å². The number of rotatable bonds is 5. The lowest BCUT2D eigenvalue weighted by molar-refractivity contribution is 0.0494. The molecule has 198 valence electrons. The monoisotopic (exact) mass is 527 g/mol. The number of alkyl halides is 1. The van der Waals surface area contributed by atoms with E-state index in [-0.39, 0.29) is 18.0 Å². The molecule has 0 bridgehead atoms. The summed E-state index contributed by atoms with van der Waals surface area (Å²) in [7, 11) is 0. The van der Waals surface area contributed by atoms with Gasteiger partial charge in [0.15, 0.2) is 0 Å². The van der Waals surface area contributed by atoms with Gasteiger partial charge in [-0.3, -0.25) is 4.39 Å². The van der Waals surface area contributed by atoms with Crippen LogP contribution in [0, 0.1) is 12.8 Å². The van der Waals surface area contributed by atoms with E-state index in [0.29, 0.717) is 19.7 Å². The summed E-state index contributed by atoms with van der Waals surface area (Å²) in [5.74, 6) is 0.528. The highest BCUT2D eigenvalue weighted by Gasteiger charge is 2.35. The number of fused-ring (bicyclic) bond motifs is 2. The van der Waals surface area contributed by atoms with E-state index in [4.69, 9.17) is 15.2 Å². The van der Waals surface area contributed by atoms with Crippen molar-refractivity contribution in [1.82, 2.24) is 10.3 Å². The van der Waals surface area contributed by atoms with Crippen LogP contribution in [0.4, 0.5) is 25.6 Å². The summed E-state index contributed by atoms with van der Waals surface area (Å²) in [6.07, 6.45) is 0.279. The second-order valence-electron chi connectivity index (χ2n) is 10.9. The molecule has 0 unspecified atom stereocenters. The fourth-order valence-electron chi connectivity index (χ4n) is 4.89. The third kappa shape index (κ3) is 5.53. The molecule has 8 nitrogen and oxygen atoms in total. The molecule has 5 rings (SSSR count). The van der Waals surface area contributed by atoms with Crippen LogP contribution in [0.25, 0.3) is 10.2 Å². The lowest BCUT2D eigenvalue weighted by Crippen LogP contribution is -2.43. The number of alkyl carbamates (subject to hydrolysis) is 1. The zero-order valence-corrected chi connectivity index (χ0v) is 22.5. The van der Waals surface area contributed by atoms with E-state index in [1.807, 2.05) is 52.0 Å². The number of benzene rings is 1. The van der Waals surface area contributed by atoms with Crippen molar-refractivity contribution < 1.29 is 18.7 Å². The second-order valence-corrected chi connectivity index (χ2v) is 11.9. The summed E-state index contributed by atoms with van der Waals surface area (Å²) in [6.45, 7) is 8.41. The smallest absolute Gasteiger partial charge is 0.407 e. The quantitative estimate of drug-likeness (QED) is 0.434. The van der Waals surface area contributed by atoms with Crippen LogP contribution in [0.15, 0.2) is 30.3 Å². The Labute approximate surface area is 220 Å². The van der Waals surface area contributed by atoms with Gasteiger partial charge in [0.05, 0.1) is 24.4 Å². The van der Waals surface area contributed by atoms with Gasteiger partial charge in [-0.2, -0.15) is 0 Å². The van der Waals surface area contributed by atoms with Crippen LogP contribution in [0.5, 0.6) is 5.75 Å². The number of pyridine rings is 1. The summed E-state index contributed by atoms with van der Waals surface area (Å²) >= 11 is 1.56. The zero-order valence-electron chi connectivity index (χ0n) is 21.6. The number of carbonyl (C=O) groups is 1. The molecule has 4 heterocycles. The summed E-state index contributed by atoms with van der Waals surface area (Å²) < 4.78 is 25.3. The predicted octanol–water partition coefficient (Wildman–Crippen LogP) is 4.90. The number of anilines is 3. The third-order valence-electron chi connectivity index (χ3n) is 6.73. The molecule has 1 aromatic carbocycles. The van der Waals surface area contributed by atoms with Gasteiger partial charge in [0.25, 0.3) is 0 Å². The van der Waals surface area contributed by atoms with Crippen molar-refractivity contribution in [3.8, 4) is 5.75 Å². The molecule has 0 spiro atoms. The Kier molecular flexibility index (Phi) is 6.78. The number of halogens is 1. The Morgan fingerprint density at radius 3 is 2.86 bits per heavy atom. The van der Waals surface area contributed by atoms with E-state index in [1.165, 1.54) is 0 Å². The Morgan fingerprint density at radius 2 is 2.11 bits per heavy atom. The molecule has 3 aromatic rings. The normalized spacial score (nSPS) is 21.4.